The number of hydrogen-bond acceptors (Lipinski definition) is 6. The molecule has 2 aliphatic rings. The van der Waals surface area contributed by atoms with Crippen molar-refractivity contribution in [3.05, 3.63) is 88.4 Å². The zero-order valence-corrected chi connectivity index (χ0v) is 18.1. The predicted octanol–water partition coefficient (Wildman–Crippen LogP) is 2.39. The van der Waals surface area contributed by atoms with Crippen LogP contribution in [0, 0.1) is 17.7 Å². The summed E-state index contributed by atoms with van der Waals surface area (Å²) in [6, 6.07) is 12.5. The molecule has 0 spiro atoms. The minimum atomic E-state index is -0.640. The van der Waals surface area contributed by atoms with E-state index in [0.29, 0.717) is 18.7 Å². The molecule has 4 atom stereocenters. The highest BCUT2D eigenvalue weighted by molar-refractivity contribution is 5.77. The second-order valence-electron chi connectivity index (χ2n) is 8.52. The van der Waals surface area contributed by atoms with Crippen molar-refractivity contribution in [2.45, 2.75) is 25.2 Å². The molecule has 1 aromatic carbocycles. The van der Waals surface area contributed by atoms with E-state index in [1.54, 1.807) is 41.2 Å². The van der Waals surface area contributed by atoms with Gasteiger partial charge < -0.3 is 14.4 Å². The Balaban J connectivity index is 1.61. The molecule has 8 heteroatoms. The second-order valence-corrected chi connectivity index (χ2v) is 8.52. The number of esters is 1. The number of methoxy groups -OCH3 is 1. The molecule has 0 amide bonds. The Bertz CT molecular complexity index is 1250. The normalized spacial score (nSPS) is 23.8. The van der Waals surface area contributed by atoms with Crippen LogP contribution >= 0.6 is 0 Å². The number of benzene rings is 1. The van der Waals surface area contributed by atoms with E-state index in [2.05, 4.69) is 4.98 Å². The molecule has 0 radical (unpaired) electrons. The molecule has 1 N–H and O–H groups in total. The summed E-state index contributed by atoms with van der Waals surface area (Å²) in [6.45, 7) is 0.562. The van der Waals surface area contributed by atoms with Crippen molar-refractivity contribution in [3.63, 3.8) is 0 Å². The van der Waals surface area contributed by atoms with E-state index in [0.717, 1.165) is 11.3 Å². The minimum Gasteiger partial charge on any atom is -0.468 e. The summed E-state index contributed by atoms with van der Waals surface area (Å²) >= 11 is 0. The highest BCUT2D eigenvalue weighted by Crippen LogP contribution is 2.50. The lowest BCUT2D eigenvalue weighted by molar-refractivity contribution is -0.148. The van der Waals surface area contributed by atoms with Gasteiger partial charge in [0.25, 0.3) is 5.56 Å². The summed E-state index contributed by atoms with van der Waals surface area (Å²) < 4.78 is 21.1. The van der Waals surface area contributed by atoms with E-state index in [4.69, 9.17) is 4.74 Å². The van der Waals surface area contributed by atoms with E-state index >= 15 is 0 Å². The third-order valence-electron chi connectivity index (χ3n) is 6.91. The third-order valence-corrected chi connectivity index (χ3v) is 6.91. The zero-order chi connectivity index (χ0) is 23.1. The molecule has 0 unspecified atom stereocenters. The molecule has 0 bridgehead atoms. The van der Waals surface area contributed by atoms with Crippen LogP contribution in [-0.2, 0) is 22.6 Å². The SMILES string of the molecule is COC(=O)[C@H]1[C@H](CO)[C@H]2Cn3c(ccc(-c4ccccc4F)c3=O)[C@H]2N1Cc1ccncc1. The number of aromatic nitrogens is 2. The molecule has 170 valence electrons. The van der Waals surface area contributed by atoms with E-state index in [9.17, 15) is 19.1 Å². The standard InChI is InChI=1S/C25H24FN3O4/c1-33-25(32)23-19(14-30)18-13-28-21(22(18)29(23)12-15-8-10-27-11-9-15)7-6-17(24(28)31)16-4-2-3-5-20(16)26/h2-11,18-19,22-23,30H,12-14H2,1H3/t18-,19-,22+,23-/m1/s1. The fraction of sp³-hybridized carbons (Fsp3) is 0.320. The number of carbonyl (C=O) groups is 1. The van der Waals surface area contributed by atoms with Gasteiger partial charge in [-0.25, -0.2) is 4.39 Å². The van der Waals surface area contributed by atoms with Gasteiger partial charge in [0.15, 0.2) is 0 Å². The summed E-state index contributed by atoms with van der Waals surface area (Å²) in [5.74, 6) is -1.42. The Morgan fingerprint density at radius 3 is 2.61 bits per heavy atom. The second kappa shape index (κ2) is 8.53. The molecule has 0 aliphatic carbocycles. The first-order valence-corrected chi connectivity index (χ1v) is 10.9. The zero-order valence-electron chi connectivity index (χ0n) is 18.1. The maximum absolute atomic E-state index is 14.4. The predicted molar refractivity (Wildman–Crippen MR) is 118 cm³/mol. The molecule has 33 heavy (non-hydrogen) atoms. The smallest absolute Gasteiger partial charge is 0.323 e. The Labute approximate surface area is 190 Å². The maximum atomic E-state index is 14.4. The summed E-state index contributed by atoms with van der Waals surface area (Å²) in [5.41, 5.74) is 1.99. The first kappa shape index (κ1) is 21.5. The Morgan fingerprint density at radius 2 is 1.91 bits per heavy atom. The van der Waals surface area contributed by atoms with Gasteiger partial charge in [-0.2, -0.15) is 0 Å². The summed E-state index contributed by atoms with van der Waals surface area (Å²) in [7, 11) is 1.34. The summed E-state index contributed by atoms with van der Waals surface area (Å²) in [4.78, 5) is 32.2. The minimum absolute atomic E-state index is 0.162. The number of aliphatic hydroxyl groups is 1. The first-order chi connectivity index (χ1) is 16.0. The van der Waals surface area contributed by atoms with Crippen molar-refractivity contribution in [1.82, 2.24) is 14.5 Å². The number of rotatable bonds is 5. The van der Waals surface area contributed by atoms with E-state index in [1.165, 1.54) is 13.2 Å². The highest BCUT2D eigenvalue weighted by Gasteiger charge is 2.56. The molecule has 5 rings (SSSR count). The average Bonchev–Trinajstić information content (AvgIpc) is 3.36. The Hall–Kier alpha value is -3.36. The van der Waals surface area contributed by atoms with Crippen LogP contribution in [0.15, 0.2) is 65.7 Å². The van der Waals surface area contributed by atoms with Crippen LogP contribution in [0.1, 0.15) is 17.3 Å². The van der Waals surface area contributed by atoms with E-state index < -0.39 is 23.7 Å². The molecule has 2 aromatic heterocycles. The fourth-order valence-electron chi connectivity index (χ4n) is 5.45. The third kappa shape index (κ3) is 3.46. The van der Waals surface area contributed by atoms with Gasteiger partial charge in [0, 0.05) is 55.2 Å². The molecule has 7 nitrogen and oxygen atoms in total. The van der Waals surface area contributed by atoms with Crippen LogP contribution in [0.4, 0.5) is 4.39 Å². The van der Waals surface area contributed by atoms with Crippen molar-refractivity contribution < 1.29 is 19.0 Å². The lowest BCUT2D eigenvalue weighted by Crippen LogP contribution is -2.43. The van der Waals surface area contributed by atoms with Crippen LogP contribution in [0.2, 0.25) is 0 Å². The maximum Gasteiger partial charge on any atom is 0.323 e. The van der Waals surface area contributed by atoms with Gasteiger partial charge in [0.2, 0.25) is 0 Å². The van der Waals surface area contributed by atoms with Crippen molar-refractivity contribution >= 4 is 5.97 Å². The van der Waals surface area contributed by atoms with Crippen molar-refractivity contribution in [2.75, 3.05) is 13.7 Å². The molecule has 4 heterocycles. The number of pyridine rings is 2. The Morgan fingerprint density at radius 1 is 1.15 bits per heavy atom. The molecule has 2 aliphatic heterocycles. The van der Waals surface area contributed by atoms with Gasteiger partial charge in [0.1, 0.15) is 11.9 Å². The number of carbonyl (C=O) groups excluding carboxylic acids is 1. The van der Waals surface area contributed by atoms with Gasteiger partial charge in [-0.05, 0) is 35.9 Å². The molecule has 0 saturated carbocycles. The van der Waals surface area contributed by atoms with Gasteiger partial charge >= 0.3 is 5.97 Å². The number of halogens is 1. The van der Waals surface area contributed by atoms with Gasteiger partial charge in [-0.3, -0.25) is 19.5 Å². The number of ether oxygens (including phenoxy) is 1. The number of hydrogen-bond donors (Lipinski definition) is 1. The molecular weight excluding hydrogens is 425 g/mol. The average molecular weight is 449 g/mol. The van der Waals surface area contributed by atoms with Gasteiger partial charge in [0.05, 0.1) is 18.7 Å². The number of likely N-dealkylation sites (tertiary alicyclic amines) is 1. The number of aliphatic hydroxyl groups excluding tert-OH is 1. The lowest BCUT2D eigenvalue weighted by atomic mass is 9.88. The topological polar surface area (TPSA) is 84.7 Å². The quantitative estimate of drug-likeness (QED) is 0.602. The highest BCUT2D eigenvalue weighted by atomic mass is 19.1. The molecule has 1 fully saturated rings. The fourth-order valence-corrected chi connectivity index (χ4v) is 5.45. The summed E-state index contributed by atoms with van der Waals surface area (Å²) in [6.07, 6.45) is 3.38. The van der Waals surface area contributed by atoms with Gasteiger partial charge in [-0.1, -0.05) is 18.2 Å². The lowest BCUT2D eigenvalue weighted by Gasteiger charge is -2.29. The van der Waals surface area contributed by atoms with E-state index in [1.807, 2.05) is 23.1 Å². The van der Waals surface area contributed by atoms with Crippen LogP contribution in [0.3, 0.4) is 0 Å². The van der Waals surface area contributed by atoms with Crippen molar-refractivity contribution in [1.29, 1.82) is 0 Å². The largest absolute Gasteiger partial charge is 0.468 e. The molecule has 1 saturated heterocycles. The monoisotopic (exact) mass is 449 g/mol. The van der Waals surface area contributed by atoms with Crippen LogP contribution in [0.5, 0.6) is 0 Å². The Kier molecular flexibility index (Phi) is 5.55. The summed E-state index contributed by atoms with van der Waals surface area (Å²) in [5, 5.41) is 10.2. The van der Waals surface area contributed by atoms with Crippen molar-refractivity contribution in [2.24, 2.45) is 11.8 Å². The van der Waals surface area contributed by atoms with Crippen LogP contribution in [0.25, 0.3) is 11.1 Å². The number of nitrogens with zero attached hydrogens (tertiary/aromatic N) is 3. The number of fused-ring (bicyclic) bond motifs is 3. The first-order valence-electron chi connectivity index (χ1n) is 10.9. The van der Waals surface area contributed by atoms with E-state index in [-0.39, 0.29) is 29.7 Å². The van der Waals surface area contributed by atoms with Crippen LogP contribution in [-0.4, -0.2) is 45.3 Å². The van der Waals surface area contributed by atoms with Gasteiger partial charge in [-0.15, -0.1) is 0 Å². The molecule has 3 aromatic rings. The molecular formula is C25H24FN3O4. The van der Waals surface area contributed by atoms with Crippen molar-refractivity contribution in [3.8, 4) is 11.1 Å². The van der Waals surface area contributed by atoms with Crippen LogP contribution < -0.4 is 5.56 Å².